The van der Waals surface area contributed by atoms with E-state index < -0.39 is 12.2 Å². The number of anilines is 1. The van der Waals surface area contributed by atoms with E-state index in [-0.39, 0.29) is 30.3 Å². The van der Waals surface area contributed by atoms with E-state index in [0.29, 0.717) is 36.6 Å². The normalized spacial score (nSPS) is 23.9. The lowest BCUT2D eigenvalue weighted by molar-refractivity contribution is -0.173. The number of alkyl halides is 3. The standard InChI is InChI=1S/C21H29F3N6O/c1-5-13-9-18(21(22,23)24)30-19(25-13)11-15(27-30)16-7-6-8-29(16)20(31)17-10-14(12(2)3)26-28(17)4/h10-13,16,18,25H,5-9H2,1-4H3/t13-,16-,18-/m1/s1. The molecule has 2 aromatic heterocycles. The molecule has 0 bridgehead atoms. The number of fused-ring (bicyclic) bond motifs is 1. The van der Waals surface area contributed by atoms with Crippen molar-refractivity contribution < 1.29 is 18.0 Å². The summed E-state index contributed by atoms with van der Waals surface area (Å²) in [5.74, 6) is 0.401. The Kier molecular flexibility index (Phi) is 5.51. The van der Waals surface area contributed by atoms with Crippen molar-refractivity contribution in [1.82, 2.24) is 24.5 Å². The summed E-state index contributed by atoms with van der Waals surface area (Å²) in [7, 11) is 1.74. The van der Waals surface area contributed by atoms with Crippen LogP contribution in [0.2, 0.25) is 0 Å². The molecule has 7 nitrogen and oxygen atoms in total. The van der Waals surface area contributed by atoms with Crippen molar-refractivity contribution in [3.05, 3.63) is 29.2 Å². The fraction of sp³-hybridized carbons (Fsp3) is 0.667. The highest BCUT2D eigenvalue weighted by Gasteiger charge is 2.46. The van der Waals surface area contributed by atoms with Gasteiger partial charge in [0.25, 0.3) is 5.91 Å². The van der Waals surface area contributed by atoms with Crippen molar-refractivity contribution in [2.24, 2.45) is 7.05 Å². The summed E-state index contributed by atoms with van der Waals surface area (Å²) in [5.41, 5.74) is 1.82. The summed E-state index contributed by atoms with van der Waals surface area (Å²) in [4.78, 5) is 15.0. The Morgan fingerprint density at radius 3 is 2.65 bits per heavy atom. The highest BCUT2D eigenvalue weighted by molar-refractivity contribution is 5.93. The van der Waals surface area contributed by atoms with Gasteiger partial charge in [0.1, 0.15) is 11.5 Å². The van der Waals surface area contributed by atoms with Crippen LogP contribution in [-0.4, -0.2) is 49.1 Å². The second-order valence-corrected chi connectivity index (χ2v) is 8.83. The maximum atomic E-state index is 13.7. The summed E-state index contributed by atoms with van der Waals surface area (Å²) in [6.07, 6.45) is -2.37. The zero-order valence-electron chi connectivity index (χ0n) is 18.3. The number of carbonyl (C=O) groups excluding carboxylic acids is 1. The second kappa shape index (κ2) is 7.87. The van der Waals surface area contributed by atoms with Gasteiger partial charge in [-0.3, -0.25) is 9.48 Å². The summed E-state index contributed by atoms with van der Waals surface area (Å²) in [6.45, 7) is 6.44. The van der Waals surface area contributed by atoms with Crippen LogP contribution in [0.4, 0.5) is 19.0 Å². The second-order valence-electron chi connectivity index (χ2n) is 8.83. The maximum Gasteiger partial charge on any atom is 0.410 e. The quantitative estimate of drug-likeness (QED) is 0.768. The number of aromatic nitrogens is 4. The van der Waals surface area contributed by atoms with Gasteiger partial charge in [0.2, 0.25) is 0 Å². The maximum absolute atomic E-state index is 13.7. The molecule has 4 heterocycles. The highest BCUT2D eigenvalue weighted by atomic mass is 19.4. The van der Waals surface area contributed by atoms with E-state index in [1.165, 1.54) is 0 Å². The predicted molar refractivity (Wildman–Crippen MR) is 110 cm³/mol. The summed E-state index contributed by atoms with van der Waals surface area (Å²) in [5, 5.41) is 11.9. The number of amides is 1. The third kappa shape index (κ3) is 3.92. The molecule has 170 valence electrons. The fourth-order valence-corrected chi connectivity index (χ4v) is 4.54. The molecule has 10 heteroatoms. The van der Waals surface area contributed by atoms with Crippen LogP contribution in [0.3, 0.4) is 0 Å². The zero-order chi connectivity index (χ0) is 22.5. The first-order chi connectivity index (χ1) is 14.6. The number of hydrogen-bond donors (Lipinski definition) is 1. The van der Waals surface area contributed by atoms with Crippen molar-refractivity contribution >= 4 is 11.7 Å². The van der Waals surface area contributed by atoms with Crippen molar-refractivity contribution in [2.45, 2.75) is 76.7 Å². The van der Waals surface area contributed by atoms with E-state index in [1.54, 1.807) is 28.8 Å². The van der Waals surface area contributed by atoms with Crippen molar-refractivity contribution in [3.8, 4) is 0 Å². The van der Waals surface area contributed by atoms with E-state index >= 15 is 0 Å². The molecule has 2 aromatic rings. The number of likely N-dealkylation sites (tertiary alicyclic amines) is 1. The Labute approximate surface area is 179 Å². The Hall–Kier alpha value is -2.52. The predicted octanol–water partition coefficient (Wildman–Crippen LogP) is 4.41. The van der Waals surface area contributed by atoms with E-state index in [1.807, 2.05) is 20.8 Å². The molecule has 0 aliphatic carbocycles. The van der Waals surface area contributed by atoms with Gasteiger partial charge in [0.05, 0.1) is 17.4 Å². The average molecular weight is 438 g/mol. The molecule has 3 atom stereocenters. The molecule has 1 amide bonds. The van der Waals surface area contributed by atoms with Gasteiger partial charge in [-0.15, -0.1) is 0 Å². The lowest BCUT2D eigenvalue weighted by Gasteiger charge is -2.32. The van der Waals surface area contributed by atoms with Crippen molar-refractivity contribution in [1.29, 1.82) is 0 Å². The van der Waals surface area contributed by atoms with Gasteiger partial charge in [-0.1, -0.05) is 20.8 Å². The molecule has 2 aliphatic heterocycles. The van der Waals surface area contributed by atoms with Crippen LogP contribution < -0.4 is 5.32 Å². The first kappa shape index (κ1) is 21.7. The van der Waals surface area contributed by atoms with Gasteiger partial charge in [-0.2, -0.15) is 23.4 Å². The number of nitrogens with one attached hydrogen (secondary N) is 1. The zero-order valence-corrected chi connectivity index (χ0v) is 18.3. The molecule has 2 aliphatic rings. The Morgan fingerprint density at radius 1 is 1.29 bits per heavy atom. The van der Waals surface area contributed by atoms with Crippen LogP contribution in [0.25, 0.3) is 0 Å². The number of aryl methyl sites for hydroxylation is 1. The highest BCUT2D eigenvalue weighted by Crippen LogP contribution is 2.42. The minimum absolute atomic E-state index is 0.0472. The average Bonchev–Trinajstić information content (AvgIpc) is 3.42. The smallest absolute Gasteiger partial charge is 0.367 e. The number of carbonyl (C=O) groups is 1. The van der Waals surface area contributed by atoms with Gasteiger partial charge in [-0.05, 0) is 37.7 Å². The van der Waals surface area contributed by atoms with Crippen LogP contribution in [0.15, 0.2) is 12.1 Å². The third-order valence-corrected chi connectivity index (χ3v) is 6.34. The lowest BCUT2D eigenvalue weighted by Crippen LogP contribution is -2.39. The molecule has 31 heavy (non-hydrogen) atoms. The Bertz CT molecular complexity index is 963. The van der Waals surface area contributed by atoms with E-state index in [4.69, 9.17) is 0 Å². The largest absolute Gasteiger partial charge is 0.410 e. The Morgan fingerprint density at radius 2 is 2.03 bits per heavy atom. The Balaban J connectivity index is 1.64. The van der Waals surface area contributed by atoms with Crippen LogP contribution in [0, 0.1) is 0 Å². The number of rotatable bonds is 4. The van der Waals surface area contributed by atoms with Crippen LogP contribution >= 0.6 is 0 Å². The molecule has 4 rings (SSSR count). The molecule has 0 radical (unpaired) electrons. The molecule has 1 saturated heterocycles. The summed E-state index contributed by atoms with van der Waals surface area (Å²) >= 11 is 0. The minimum atomic E-state index is -4.37. The number of hydrogen-bond acceptors (Lipinski definition) is 4. The van der Waals surface area contributed by atoms with E-state index in [9.17, 15) is 18.0 Å². The lowest BCUT2D eigenvalue weighted by atomic mass is 10.0. The molecule has 0 aromatic carbocycles. The fourth-order valence-electron chi connectivity index (χ4n) is 4.54. The van der Waals surface area contributed by atoms with Crippen molar-refractivity contribution in [3.63, 3.8) is 0 Å². The molecule has 1 N–H and O–H groups in total. The SMILES string of the molecule is CC[C@@H]1C[C@H](C(F)(F)F)n2nc([C@H]3CCCN3C(=O)c3cc(C(C)C)nn3C)cc2N1. The molecule has 0 unspecified atom stereocenters. The van der Waals surface area contributed by atoms with Crippen LogP contribution in [-0.2, 0) is 7.05 Å². The van der Waals surface area contributed by atoms with Gasteiger partial charge in [0, 0.05) is 25.7 Å². The minimum Gasteiger partial charge on any atom is -0.367 e. The number of nitrogens with zero attached hydrogens (tertiary/aromatic N) is 5. The number of halogens is 3. The molecule has 1 fully saturated rings. The first-order valence-corrected chi connectivity index (χ1v) is 10.9. The summed E-state index contributed by atoms with van der Waals surface area (Å²) < 4.78 is 43.7. The van der Waals surface area contributed by atoms with Gasteiger partial charge < -0.3 is 10.2 Å². The topological polar surface area (TPSA) is 68.0 Å². The van der Waals surface area contributed by atoms with Gasteiger partial charge in [-0.25, -0.2) is 4.68 Å². The monoisotopic (exact) mass is 438 g/mol. The van der Waals surface area contributed by atoms with Gasteiger partial charge >= 0.3 is 6.18 Å². The molecular weight excluding hydrogens is 409 g/mol. The van der Waals surface area contributed by atoms with Crippen LogP contribution in [0.1, 0.15) is 86.3 Å². The third-order valence-electron chi connectivity index (χ3n) is 6.34. The first-order valence-electron chi connectivity index (χ1n) is 10.9. The van der Waals surface area contributed by atoms with E-state index in [2.05, 4.69) is 15.5 Å². The molecular formula is C21H29F3N6O. The van der Waals surface area contributed by atoms with Crippen LogP contribution in [0.5, 0.6) is 0 Å². The molecule has 0 spiro atoms. The summed E-state index contributed by atoms with van der Waals surface area (Å²) in [6, 6.07) is 1.22. The molecule has 0 saturated carbocycles. The van der Waals surface area contributed by atoms with Gasteiger partial charge in [0.15, 0.2) is 6.04 Å². The van der Waals surface area contributed by atoms with Crippen molar-refractivity contribution in [2.75, 3.05) is 11.9 Å². The van der Waals surface area contributed by atoms with E-state index in [0.717, 1.165) is 16.8 Å².